The van der Waals surface area contributed by atoms with E-state index in [4.69, 9.17) is 4.74 Å². The average molecular weight is 742 g/mol. The lowest BCUT2D eigenvalue weighted by atomic mass is 9.97. The Labute approximate surface area is 283 Å². The second-order valence-corrected chi connectivity index (χ2v) is 12.2. The van der Waals surface area contributed by atoms with Gasteiger partial charge in [-0.2, -0.15) is 0 Å². The molecule has 1 atom stereocenters. The summed E-state index contributed by atoms with van der Waals surface area (Å²) in [5.74, 6) is -1.64. The van der Waals surface area contributed by atoms with E-state index in [-0.39, 0.29) is 12.3 Å². The van der Waals surface area contributed by atoms with Gasteiger partial charge in [0.2, 0.25) is 0 Å². The Balaban J connectivity index is 1.24. The number of hydrogen-bond donors (Lipinski definition) is 3. The number of carbonyl (C=O) groups excluding carboxylic acids is 2. The summed E-state index contributed by atoms with van der Waals surface area (Å²) in [6.07, 6.45) is 0.932. The second-order valence-electron chi connectivity index (χ2n) is 10.5. The van der Waals surface area contributed by atoms with Crippen LogP contribution in [0.25, 0.3) is 11.1 Å². The molecule has 0 spiro atoms. The van der Waals surface area contributed by atoms with Gasteiger partial charge in [0.25, 0.3) is 5.91 Å². The number of carboxylic acids is 1. The Morgan fingerprint density at radius 3 is 1.89 bits per heavy atom. The van der Waals surface area contributed by atoms with Gasteiger partial charge in [-0.05, 0) is 77.1 Å². The molecule has 0 aromatic heterocycles. The van der Waals surface area contributed by atoms with Gasteiger partial charge < -0.3 is 20.5 Å². The van der Waals surface area contributed by atoms with Gasteiger partial charge in [0.15, 0.2) is 0 Å². The smallest absolute Gasteiger partial charge is 0.394 e. The third-order valence-electron chi connectivity index (χ3n) is 7.33. The maximum absolute atomic E-state index is 13.0. The monoisotopic (exact) mass is 740 g/mol. The van der Waals surface area contributed by atoms with Gasteiger partial charge >= 0.3 is 11.9 Å². The summed E-state index contributed by atoms with van der Waals surface area (Å²) in [4.78, 5) is 36.6. The topological polar surface area (TPSA) is 105 Å². The van der Waals surface area contributed by atoms with E-state index in [0.29, 0.717) is 44.5 Å². The predicted molar refractivity (Wildman–Crippen MR) is 185 cm³/mol. The Bertz CT molecular complexity index is 1790. The lowest BCUT2D eigenvalue weighted by Crippen LogP contribution is -2.35. The third-order valence-corrected chi connectivity index (χ3v) is 8.75. The van der Waals surface area contributed by atoms with Crippen LogP contribution >= 0.6 is 31.9 Å². The maximum atomic E-state index is 13.0. The summed E-state index contributed by atoms with van der Waals surface area (Å²) >= 11 is 7.17. The van der Waals surface area contributed by atoms with E-state index in [9.17, 15) is 19.5 Å². The molecule has 9 heteroatoms. The first-order valence-electron chi connectivity index (χ1n) is 14.5. The fourth-order valence-corrected chi connectivity index (χ4v) is 6.43. The van der Waals surface area contributed by atoms with Crippen LogP contribution in [0.5, 0.6) is 11.5 Å². The highest BCUT2D eigenvalue weighted by Gasteiger charge is 2.23. The molecule has 7 nitrogen and oxygen atoms in total. The highest BCUT2D eigenvalue weighted by molar-refractivity contribution is 9.11. The van der Waals surface area contributed by atoms with Gasteiger partial charge in [0.05, 0.1) is 6.04 Å². The highest BCUT2D eigenvalue weighted by atomic mass is 79.9. The summed E-state index contributed by atoms with van der Waals surface area (Å²) < 4.78 is 7.15. The van der Waals surface area contributed by atoms with Crippen molar-refractivity contribution in [1.29, 1.82) is 0 Å². The van der Waals surface area contributed by atoms with Gasteiger partial charge in [-0.1, -0.05) is 117 Å². The normalized spacial score (nSPS) is 11.3. The molecule has 3 N–H and O–H groups in total. The molecule has 0 heterocycles. The number of halogens is 2. The van der Waals surface area contributed by atoms with E-state index in [1.165, 1.54) is 0 Å². The molecule has 5 rings (SSSR count). The fraction of sp³-hybridized carbons (Fsp3) is 0.108. The number of aliphatic carboxylic acids is 1. The van der Waals surface area contributed by atoms with Crippen molar-refractivity contribution in [1.82, 2.24) is 10.6 Å². The zero-order valence-corrected chi connectivity index (χ0v) is 27.8. The lowest BCUT2D eigenvalue weighted by Gasteiger charge is -2.21. The van der Waals surface area contributed by atoms with E-state index >= 15 is 0 Å². The summed E-state index contributed by atoms with van der Waals surface area (Å²) in [7, 11) is 0. The minimum atomic E-state index is -1.58. The number of rotatable bonds is 11. The quantitative estimate of drug-likeness (QED) is 0.119. The number of carboxylic acid groups (broad SMARTS) is 1. The van der Waals surface area contributed by atoms with E-state index in [0.717, 1.165) is 22.3 Å². The third kappa shape index (κ3) is 8.71. The van der Waals surface area contributed by atoms with Gasteiger partial charge in [-0.25, -0.2) is 4.79 Å². The molecular weight excluding hydrogens is 712 g/mol. The van der Waals surface area contributed by atoms with Gasteiger partial charge in [-0.3, -0.25) is 9.59 Å². The van der Waals surface area contributed by atoms with Crippen LogP contribution in [-0.2, 0) is 22.4 Å². The largest absolute Gasteiger partial charge is 0.474 e. The van der Waals surface area contributed by atoms with Crippen LogP contribution in [0.15, 0.2) is 130 Å². The molecule has 0 radical (unpaired) electrons. The number of hydrogen-bond acceptors (Lipinski definition) is 4. The summed E-state index contributed by atoms with van der Waals surface area (Å²) in [5.41, 5.74) is 5.32. The predicted octanol–water partition coefficient (Wildman–Crippen LogP) is 8.13. The van der Waals surface area contributed by atoms with Crippen molar-refractivity contribution in [3.63, 3.8) is 0 Å². The first-order valence-corrected chi connectivity index (χ1v) is 16.1. The van der Waals surface area contributed by atoms with Crippen LogP contribution in [0, 0.1) is 0 Å². The molecule has 46 heavy (non-hydrogen) atoms. The number of carbonyl (C=O) groups is 3. The number of amides is 2. The molecule has 232 valence electrons. The average Bonchev–Trinajstić information content (AvgIpc) is 3.07. The molecule has 1 unspecified atom stereocenters. The van der Waals surface area contributed by atoms with Crippen molar-refractivity contribution in [3.05, 3.63) is 153 Å². The van der Waals surface area contributed by atoms with Crippen LogP contribution in [0.2, 0.25) is 0 Å². The van der Waals surface area contributed by atoms with E-state index in [2.05, 4.69) is 78.9 Å². The minimum Gasteiger partial charge on any atom is -0.474 e. The molecule has 5 aromatic carbocycles. The molecule has 5 aromatic rings. The highest BCUT2D eigenvalue weighted by Crippen LogP contribution is 2.33. The van der Waals surface area contributed by atoms with Gasteiger partial charge in [0, 0.05) is 21.1 Å². The Kier molecular flexibility index (Phi) is 11.0. The van der Waals surface area contributed by atoms with E-state index < -0.39 is 17.9 Å². The van der Waals surface area contributed by atoms with Gasteiger partial charge in [0.1, 0.15) is 11.5 Å². The van der Waals surface area contributed by atoms with Crippen LogP contribution in [0.3, 0.4) is 0 Å². The standard InChI is InChI=1S/C37H30Br2N2O5/c38-32-21-28(35(42)40-20-19-24-11-13-26(14-12-24)25-7-3-1-4-8-25)22-33(39)31(32)23-34(41-36(43)37(44)45)27-15-17-30(18-16-27)46-29-9-5-2-6-10-29/h1-18,21-22,34H,19-20,23H2,(H,40,42)(H,41,43)(H,44,45). The molecule has 0 fully saturated rings. The van der Waals surface area contributed by atoms with Crippen molar-refractivity contribution in [2.45, 2.75) is 18.9 Å². The van der Waals surface area contributed by atoms with Crippen molar-refractivity contribution in [2.24, 2.45) is 0 Å². The maximum Gasteiger partial charge on any atom is 0.394 e. The number of nitrogens with one attached hydrogen (secondary N) is 2. The van der Waals surface area contributed by atoms with Crippen molar-refractivity contribution >= 4 is 49.6 Å². The number of benzene rings is 5. The molecule has 0 bridgehead atoms. The number of para-hydroxylation sites is 1. The van der Waals surface area contributed by atoms with Crippen molar-refractivity contribution < 1.29 is 24.2 Å². The number of ether oxygens (including phenoxy) is 1. The Morgan fingerprint density at radius 1 is 0.717 bits per heavy atom. The van der Waals surface area contributed by atoms with E-state index in [1.807, 2.05) is 48.5 Å². The van der Waals surface area contributed by atoms with E-state index in [1.54, 1.807) is 36.4 Å². The summed E-state index contributed by atoms with van der Waals surface area (Å²) in [5, 5.41) is 14.8. The molecule has 0 saturated heterocycles. The SMILES string of the molecule is O=C(O)C(=O)NC(Cc1c(Br)cc(C(=O)NCCc2ccc(-c3ccccc3)cc2)cc1Br)c1ccc(Oc2ccccc2)cc1. The van der Waals surface area contributed by atoms with Crippen LogP contribution in [0.4, 0.5) is 0 Å². The zero-order chi connectivity index (χ0) is 32.5. The van der Waals surface area contributed by atoms with Crippen molar-refractivity contribution in [3.8, 4) is 22.6 Å². The van der Waals surface area contributed by atoms with Crippen molar-refractivity contribution in [2.75, 3.05) is 6.54 Å². The van der Waals surface area contributed by atoms with Crippen LogP contribution in [0.1, 0.15) is 33.1 Å². The summed E-state index contributed by atoms with van der Waals surface area (Å²) in [6.45, 7) is 0.466. The zero-order valence-electron chi connectivity index (χ0n) is 24.6. The Hall–Kier alpha value is -4.73. The molecule has 0 saturated carbocycles. The molecule has 2 amide bonds. The fourth-order valence-electron chi connectivity index (χ4n) is 4.92. The lowest BCUT2D eigenvalue weighted by molar-refractivity contribution is -0.150. The molecular formula is C37H30Br2N2O5. The Morgan fingerprint density at radius 2 is 1.28 bits per heavy atom. The molecule has 0 aliphatic rings. The van der Waals surface area contributed by atoms with Crippen LogP contribution in [-0.4, -0.2) is 29.4 Å². The minimum absolute atomic E-state index is 0.224. The first kappa shape index (κ1) is 32.7. The van der Waals surface area contributed by atoms with Crippen LogP contribution < -0.4 is 15.4 Å². The molecule has 0 aliphatic heterocycles. The molecule has 0 aliphatic carbocycles. The van der Waals surface area contributed by atoms with Gasteiger partial charge in [-0.15, -0.1) is 0 Å². The second kappa shape index (κ2) is 15.5. The summed E-state index contributed by atoms with van der Waals surface area (Å²) in [6, 6.07) is 37.6. The first-order chi connectivity index (χ1) is 22.3.